The largest absolute Gasteiger partial charge is 0.283 e. The van der Waals surface area contributed by atoms with Crippen LogP contribution >= 0.6 is 0 Å². The van der Waals surface area contributed by atoms with Gasteiger partial charge in [0, 0.05) is 37.7 Å². The number of hydrogen-bond acceptors (Lipinski definition) is 3. The van der Waals surface area contributed by atoms with E-state index >= 15 is 0 Å². The summed E-state index contributed by atoms with van der Waals surface area (Å²) < 4.78 is 0. The molecule has 0 saturated carbocycles. The Bertz CT molecular complexity index is 342. The number of nitrogens with zero attached hydrogens (tertiary/aromatic N) is 2. The number of likely N-dealkylation sites (tertiary alicyclic amines) is 1. The van der Waals surface area contributed by atoms with E-state index in [1.807, 2.05) is 6.21 Å². The van der Waals surface area contributed by atoms with Crippen molar-refractivity contribution in [2.75, 3.05) is 6.54 Å². The van der Waals surface area contributed by atoms with Crippen LogP contribution in [0, 0.1) is 0 Å². The van der Waals surface area contributed by atoms with E-state index in [1.165, 1.54) is 4.90 Å². The second-order valence-electron chi connectivity index (χ2n) is 4.14. The third-order valence-electron chi connectivity index (χ3n) is 2.91. The normalized spacial score (nSPS) is 20.5. The number of amides is 2. The zero-order chi connectivity index (χ0) is 11.4. The van der Waals surface area contributed by atoms with E-state index in [1.54, 1.807) is 0 Å². The minimum Gasteiger partial charge on any atom is -0.283 e. The number of aliphatic imine (C=N–C) groups is 1. The van der Waals surface area contributed by atoms with Crippen LogP contribution in [0.5, 0.6) is 0 Å². The lowest BCUT2D eigenvalue weighted by atomic mass is 10.1. The van der Waals surface area contributed by atoms with E-state index < -0.39 is 0 Å². The van der Waals surface area contributed by atoms with Crippen LogP contribution in [-0.2, 0) is 9.59 Å². The standard InChI is InChI=1S/C12H16N2O2/c15-11-6-1-7-12(16)14(11)9-3-5-10-4-2-8-13-10/h4,8H,1-3,5-7,9H2. The van der Waals surface area contributed by atoms with Gasteiger partial charge in [-0.3, -0.25) is 19.5 Å². The smallest absolute Gasteiger partial charge is 0.229 e. The van der Waals surface area contributed by atoms with Gasteiger partial charge < -0.3 is 0 Å². The van der Waals surface area contributed by atoms with E-state index in [9.17, 15) is 9.59 Å². The summed E-state index contributed by atoms with van der Waals surface area (Å²) in [6.45, 7) is 0.546. The van der Waals surface area contributed by atoms with Crippen molar-refractivity contribution in [2.24, 2.45) is 4.99 Å². The quantitative estimate of drug-likeness (QED) is 0.676. The number of carbonyl (C=O) groups excluding carboxylic acids is 2. The molecule has 0 aliphatic carbocycles. The fourth-order valence-corrected chi connectivity index (χ4v) is 2.05. The molecule has 1 saturated heterocycles. The van der Waals surface area contributed by atoms with E-state index in [2.05, 4.69) is 11.1 Å². The summed E-state index contributed by atoms with van der Waals surface area (Å²) in [6, 6.07) is 0. The van der Waals surface area contributed by atoms with Gasteiger partial charge in [-0.1, -0.05) is 6.08 Å². The maximum absolute atomic E-state index is 11.5. The Balaban J connectivity index is 1.77. The topological polar surface area (TPSA) is 49.7 Å². The van der Waals surface area contributed by atoms with E-state index in [0.717, 1.165) is 25.0 Å². The second-order valence-corrected chi connectivity index (χ2v) is 4.14. The molecule has 0 N–H and O–H groups in total. The fourth-order valence-electron chi connectivity index (χ4n) is 2.05. The first-order valence-corrected chi connectivity index (χ1v) is 5.82. The zero-order valence-corrected chi connectivity index (χ0v) is 9.32. The minimum atomic E-state index is -0.0137. The Labute approximate surface area is 95.0 Å². The number of hydrogen-bond donors (Lipinski definition) is 0. The highest BCUT2D eigenvalue weighted by Crippen LogP contribution is 2.16. The Morgan fingerprint density at radius 3 is 2.62 bits per heavy atom. The predicted octanol–water partition coefficient (Wildman–Crippen LogP) is 1.66. The number of carbonyl (C=O) groups is 2. The first kappa shape index (κ1) is 11.0. The number of rotatable bonds is 4. The molecule has 0 aromatic rings. The Hall–Kier alpha value is -1.45. The summed E-state index contributed by atoms with van der Waals surface area (Å²) in [5.74, 6) is -0.0275. The molecule has 2 heterocycles. The van der Waals surface area contributed by atoms with Gasteiger partial charge in [-0.2, -0.15) is 0 Å². The molecule has 1 fully saturated rings. The molecule has 0 atom stereocenters. The summed E-state index contributed by atoms with van der Waals surface area (Å²) in [5.41, 5.74) is 1.08. The number of imide groups is 1. The van der Waals surface area contributed by atoms with Gasteiger partial charge in [0.2, 0.25) is 11.8 Å². The maximum Gasteiger partial charge on any atom is 0.229 e. The molecule has 0 radical (unpaired) electrons. The van der Waals surface area contributed by atoms with Crippen LogP contribution in [0.4, 0.5) is 0 Å². The van der Waals surface area contributed by atoms with Crippen molar-refractivity contribution in [3.8, 4) is 0 Å². The van der Waals surface area contributed by atoms with Crippen molar-refractivity contribution in [1.82, 2.24) is 4.90 Å². The maximum atomic E-state index is 11.5. The molecule has 86 valence electrons. The van der Waals surface area contributed by atoms with Gasteiger partial charge in [-0.25, -0.2) is 0 Å². The van der Waals surface area contributed by atoms with Gasteiger partial charge in [0.1, 0.15) is 0 Å². The van der Waals surface area contributed by atoms with Crippen molar-refractivity contribution < 1.29 is 9.59 Å². The zero-order valence-electron chi connectivity index (χ0n) is 9.32. The molecule has 0 spiro atoms. The highest BCUT2D eigenvalue weighted by atomic mass is 16.2. The molecule has 0 bridgehead atoms. The molecule has 4 heteroatoms. The lowest BCUT2D eigenvalue weighted by Crippen LogP contribution is -2.40. The third-order valence-corrected chi connectivity index (χ3v) is 2.91. The highest BCUT2D eigenvalue weighted by molar-refractivity contribution is 5.97. The van der Waals surface area contributed by atoms with Crippen molar-refractivity contribution in [2.45, 2.75) is 38.5 Å². The number of piperidine rings is 1. The molecule has 2 rings (SSSR count). The molecule has 0 aromatic heterocycles. The summed E-state index contributed by atoms with van der Waals surface area (Å²) in [4.78, 5) is 28.6. The highest BCUT2D eigenvalue weighted by Gasteiger charge is 2.24. The van der Waals surface area contributed by atoms with Crippen LogP contribution in [0.3, 0.4) is 0 Å². The van der Waals surface area contributed by atoms with Gasteiger partial charge in [0.15, 0.2) is 0 Å². The molecule has 2 amide bonds. The predicted molar refractivity (Wildman–Crippen MR) is 61.0 cm³/mol. The van der Waals surface area contributed by atoms with Gasteiger partial charge in [0.05, 0.1) is 0 Å². The van der Waals surface area contributed by atoms with Crippen LogP contribution in [0.1, 0.15) is 38.5 Å². The van der Waals surface area contributed by atoms with Crippen LogP contribution < -0.4 is 0 Å². The monoisotopic (exact) mass is 220 g/mol. The van der Waals surface area contributed by atoms with Crippen LogP contribution in [0.25, 0.3) is 0 Å². The summed E-state index contributed by atoms with van der Waals surface area (Å²) >= 11 is 0. The van der Waals surface area contributed by atoms with E-state index in [-0.39, 0.29) is 11.8 Å². The third kappa shape index (κ3) is 2.56. The second kappa shape index (κ2) is 5.05. The molecule has 0 unspecified atom stereocenters. The Morgan fingerprint density at radius 2 is 2.00 bits per heavy atom. The van der Waals surface area contributed by atoms with Crippen molar-refractivity contribution in [1.29, 1.82) is 0 Å². The summed E-state index contributed by atoms with van der Waals surface area (Å²) in [6.07, 6.45) is 8.31. The van der Waals surface area contributed by atoms with E-state index in [4.69, 9.17) is 0 Å². The fraction of sp³-hybridized carbons (Fsp3) is 0.583. The number of allylic oxidation sites excluding steroid dienone is 2. The van der Waals surface area contributed by atoms with E-state index in [0.29, 0.717) is 25.8 Å². The van der Waals surface area contributed by atoms with Gasteiger partial charge in [-0.05, 0) is 19.3 Å². The first-order valence-electron chi connectivity index (χ1n) is 5.82. The van der Waals surface area contributed by atoms with Crippen molar-refractivity contribution >= 4 is 18.0 Å². The molecule has 4 nitrogen and oxygen atoms in total. The Kier molecular flexibility index (Phi) is 3.49. The van der Waals surface area contributed by atoms with Crippen LogP contribution in [-0.4, -0.2) is 29.5 Å². The molecule has 2 aliphatic rings. The van der Waals surface area contributed by atoms with Gasteiger partial charge >= 0.3 is 0 Å². The lowest BCUT2D eigenvalue weighted by molar-refractivity contribution is -0.147. The summed E-state index contributed by atoms with van der Waals surface area (Å²) in [7, 11) is 0. The van der Waals surface area contributed by atoms with Gasteiger partial charge in [0.25, 0.3) is 0 Å². The average Bonchev–Trinajstić information content (AvgIpc) is 2.75. The SMILES string of the molecule is O=C1CCCC(=O)N1CCCC1=CCC=N1. The minimum absolute atomic E-state index is 0.0137. The van der Waals surface area contributed by atoms with Gasteiger partial charge in [-0.15, -0.1) is 0 Å². The molecule has 0 aromatic carbocycles. The molecule has 16 heavy (non-hydrogen) atoms. The lowest BCUT2D eigenvalue weighted by Gasteiger charge is -2.24. The van der Waals surface area contributed by atoms with Crippen LogP contribution in [0.2, 0.25) is 0 Å². The molecular weight excluding hydrogens is 204 g/mol. The summed E-state index contributed by atoms with van der Waals surface area (Å²) in [5, 5.41) is 0. The average molecular weight is 220 g/mol. The van der Waals surface area contributed by atoms with Crippen molar-refractivity contribution in [3.05, 3.63) is 11.8 Å². The molecule has 2 aliphatic heterocycles. The molecular formula is C12H16N2O2. The van der Waals surface area contributed by atoms with Crippen LogP contribution in [0.15, 0.2) is 16.8 Å². The van der Waals surface area contributed by atoms with Crippen molar-refractivity contribution in [3.63, 3.8) is 0 Å². The Morgan fingerprint density at radius 1 is 1.25 bits per heavy atom. The first-order chi connectivity index (χ1) is 7.77.